The largest absolute Gasteiger partial charge is 0.431 e. The summed E-state index contributed by atoms with van der Waals surface area (Å²) in [6, 6.07) is 17.0. The van der Waals surface area contributed by atoms with Crippen LogP contribution >= 0.6 is 11.3 Å². The monoisotopic (exact) mass is 382 g/mol. The van der Waals surface area contributed by atoms with E-state index >= 15 is 0 Å². The standard InChI is InChI=1S/C21H22N2O3S/c24-20-18(26-20)13-23(15-7-8-15)12-11-14-5-9-16(10-6-14)25-21-22-17-3-1-2-4-19(17)27-21/h1-6,9-10,15,18,20,24H,7-8,11-13H2. The van der Waals surface area contributed by atoms with E-state index < -0.39 is 6.29 Å². The van der Waals surface area contributed by atoms with Crippen LogP contribution in [0.25, 0.3) is 10.2 Å². The number of benzene rings is 2. The van der Waals surface area contributed by atoms with Crippen LogP contribution in [0.3, 0.4) is 0 Å². The highest BCUT2D eigenvalue weighted by Gasteiger charge is 2.41. The van der Waals surface area contributed by atoms with Crippen LogP contribution in [0.2, 0.25) is 0 Å². The first-order chi connectivity index (χ1) is 13.2. The number of thiazole rings is 1. The van der Waals surface area contributed by atoms with E-state index in [1.54, 1.807) is 11.3 Å². The van der Waals surface area contributed by atoms with Gasteiger partial charge < -0.3 is 14.6 Å². The molecule has 27 heavy (non-hydrogen) atoms. The van der Waals surface area contributed by atoms with Gasteiger partial charge in [0.1, 0.15) is 11.9 Å². The van der Waals surface area contributed by atoms with E-state index in [1.807, 2.05) is 30.3 Å². The minimum absolute atomic E-state index is 0.00943. The summed E-state index contributed by atoms with van der Waals surface area (Å²) in [5.41, 5.74) is 2.26. The molecule has 1 saturated carbocycles. The van der Waals surface area contributed by atoms with Gasteiger partial charge in [-0.1, -0.05) is 35.6 Å². The molecule has 140 valence electrons. The maximum Gasteiger partial charge on any atom is 0.279 e. The molecule has 1 saturated heterocycles. The predicted octanol–water partition coefficient (Wildman–Crippen LogP) is 3.81. The Balaban J connectivity index is 1.18. The number of aliphatic hydroxyl groups excluding tert-OH is 1. The van der Waals surface area contributed by atoms with E-state index in [2.05, 4.69) is 28.1 Å². The number of nitrogens with zero attached hydrogens (tertiary/aromatic N) is 2. The van der Waals surface area contributed by atoms with Gasteiger partial charge in [-0.15, -0.1) is 0 Å². The fourth-order valence-electron chi connectivity index (χ4n) is 3.35. The Morgan fingerprint density at radius 2 is 1.93 bits per heavy atom. The summed E-state index contributed by atoms with van der Waals surface area (Å²) < 4.78 is 12.2. The molecule has 5 nitrogen and oxygen atoms in total. The average molecular weight is 382 g/mol. The Morgan fingerprint density at radius 1 is 1.15 bits per heavy atom. The smallest absolute Gasteiger partial charge is 0.279 e. The molecule has 1 aliphatic heterocycles. The first-order valence-corrected chi connectivity index (χ1v) is 10.3. The van der Waals surface area contributed by atoms with Crippen molar-refractivity contribution in [2.45, 2.75) is 37.7 Å². The second kappa shape index (κ2) is 7.20. The lowest BCUT2D eigenvalue weighted by Gasteiger charge is -2.20. The van der Waals surface area contributed by atoms with E-state index in [0.717, 1.165) is 35.5 Å². The van der Waals surface area contributed by atoms with Crippen molar-refractivity contribution in [3.8, 4) is 10.9 Å². The number of ether oxygens (including phenoxy) is 2. The highest BCUT2D eigenvalue weighted by Crippen LogP contribution is 2.32. The summed E-state index contributed by atoms with van der Waals surface area (Å²) in [7, 11) is 0. The van der Waals surface area contributed by atoms with Crippen molar-refractivity contribution in [3.05, 3.63) is 54.1 Å². The molecule has 1 aromatic heterocycles. The number of fused-ring (bicyclic) bond motifs is 1. The molecule has 1 aliphatic carbocycles. The third-order valence-electron chi connectivity index (χ3n) is 5.12. The minimum atomic E-state index is -0.551. The zero-order chi connectivity index (χ0) is 18.2. The highest BCUT2D eigenvalue weighted by atomic mass is 32.1. The molecular formula is C21H22N2O3S. The van der Waals surface area contributed by atoms with Crippen molar-refractivity contribution in [1.82, 2.24) is 9.88 Å². The molecule has 0 bridgehead atoms. The molecule has 2 aliphatic rings. The quantitative estimate of drug-likeness (QED) is 0.601. The number of rotatable bonds is 8. The van der Waals surface area contributed by atoms with Gasteiger partial charge in [0.05, 0.1) is 10.2 Å². The molecule has 2 atom stereocenters. The predicted molar refractivity (Wildman–Crippen MR) is 105 cm³/mol. The second-order valence-electron chi connectivity index (χ2n) is 7.23. The van der Waals surface area contributed by atoms with E-state index in [1.165, 1.54) is 18.4 Å². The van der Waals surface area contributed by atoms with Crippen molar-refractivity contribution in [2.24, 2.45) is 0 Å². The second-order valence-corrected chi connectivity index (χ2v) is 8.23. The van der Waals surface area contributed by atoms with Crippen LogP contribution in [-0.4, -0.2) is 46.5 Å². The Bertz CT molecular complexity index is 890. The molecule has 2 fully saturated rings. The van der Waals surface area contributed by atoms with Gasteiger partial charge in [0.2, 0.25) is 0 Å². The first-order valence-electron chi connectivity index (χ1n) is 9.44. The Morgan fingerprint density at radius 3 is 2.63 bits per heavy atom. The lowest BCUT2D eigenvalue weighted by atomic mass is 10.1. The van der Waals surface area contributed by atoms with Crippen molar-refractivity contribution in [1.29, 1.82) is 0 Å². The third kappa shape index (κ3) is 4.14. The number of aliphatic hydroxyl groups is 1. The molecule has 1 N–H and O–H groups in total. The normalized spacial score (nSPS) is 21.7. The molecule has 5 rings (SSSR count). The van der Waals surface area contributed by atoms with Crippen molar-refractivity contribution >= 4 is 21.6 Å². The number of aromatic nitrogens is 1. The summed E-state index contributed by atoms with van der Waals surface area (Å²) in [6.07, 6.45) is 2.97. The number of para-hydroxylation sites is 1. The Labute approximate surface area is 162 Å². The zero-order valence-electron chi connectivity index (χ0n) is 15.0. The third-order valence-corrected chi connectivity index (χ3v) is 6.04. The van der Waals surface area contributed by atoms with Crippen LogP contribution in [0.5, 0.6) is 10.9 Å². The van der Waals surface area contributed by atoms with Crippen LogP contribution < -0.4 is 4.74 Å². The van der Waals surface area contributed by atoms with Crippen LogP contribution in [0.15, 0.2) is 48.5 Å². The van der Waals surface area contributed by atoms with Gasteiger partial charge in [0, 0.05) is 19.1 Å². The van der Waals surface area contributed by atoms with Gasteiger partial charge in [-0.05, 0) is 49.1 Å². The Kier molecular flexibility index (Phi) is 4.57. The van der Waals surface area contributed by atoms with E-state index in [4.69, 9.17) is 9.47 Å². The topological polar surface area (TPSA) is 58.1 Å². The summed E-state index contributed by atoms with van der Waals surface area (Å²) in [5, 5.41) is 10.1. The molecule has 0 spiro atoms. The molecule has 6 heteroatoms. The van der Waals surface area contributed by atoms with Gasteiger partial charge >= 0.3 is 0 Å². The molecule has 2 aromatic carbocycles. The molecular weight excluding hydrogens is 360 g/mol. The maximum atomic E-state index is 9.39. The van der Waals surface area contributed by atoms with Crippen LogP contribution in [0, 0.1) is 0 Å². The van der Waals surface area contributed by atoms with Gasteiger partial charge in [0.25, 0.3) is 5.19 Å². The molecule has 2 unspecified atom stereocenters. The fraction of sp³-hybridized carbons (Fsp3) is 0.381. The minimum Gasteiger partial charge on any atom is -0.431 e. The van der Waals surface area contributed by atoms with E-state index in [0.29, 0.717) is 11.2 Å². The number of epoxide rings is 1. The van der Waals surface area contributed by atoms with Crippen molar-refractivity contribution < 1.29 is 14.6 Å². The zero-order valence-corrected chi connectivity index (χ0v) is 15.8. The summed E-state index contributed by atoms with van der Waals surface area (Å²) in [6.45, 7) is 1.83. The molecule has 0 radical (unpaired) electrons. The van der Waals surface area contributed by atoms with Gasteiger partial charge in [-0.2, -0.15) is 0 Å². The first kappa shape index (κ1) is 17.1. The Hall–Kier alpha value is -1.99. The number of hydrogen-bond donors (Lipinski definition) is 1. The number of hydrogen-bond acceptors (Lipinski definition) is 6. The van der Waals surface area contributed by atoms with Gasteiger partial charge in [-0.25, -0.2) is 4.98 Å². The van der Waals surface area contributed by atoms with Crippen LogP contribution in [-0.2, 0) is 11.2 Å². The van der Waals surface area contributed by atoms with Gasteiger partial charge in [0.15, 0.2) is 6.29 Å². The van der Waals surface area contributed by atoms with E-state index in [-0.39, 0.29) is 6.10 Å². The van der Waals surface area contributed by atoms with Crippen molar-refractivity contribution in [3.63, 3.8) is 0 Å². The average Bonchev–Trinajstić information content (AvgIpc) is 3.59. The van der Waals surface area contributed by atoms with Crippen LogP contribution in [0.1, 0.15) is 18.4 Å². The highest BCUT2D eigenvalue weighted by molar-refractivity contribution is 7.20. The SMILES string of the molecule is OC1OC1CN(CCc1ccc(Oc2nc3ccccc3s2)cc1)C1CC1. The van der Waals surface area contributed by atoms with E-state index in [9.17, 15) is 5.11 Å². The summed E-state index contributed by atoms with van der Waals surface area (Å²) in [4.78, 5) is 6.96. The molecule has 2 heterocycles. The maximum absolute atomic E-state index is 9.39. The molecule has 0 amide bonds. The molecule has 3 aromatic rings. The lowest BCUT2D eigenvalue weighted by Crippen LogP contribution is -2.32. The van der Waals surface area contributed by atoms with Gasteiger partial charge in [-0.3, -0.25) is 4.90 Å². The summed E-state index contributed by atoms with van der Waals surface area (Å²) >= 11 is 1.56. The van der Waals surface area contributed by atoms with Crippen LogP contribution in [0.4, 0.5) is 0 Å². The fourth-order valence-corrected chi connectivity index (χ4v) is 4.19. The van der Waals surface area contributed by atoms with Crippen molar-refractivity contribution in [2.75, 3.05) is 13.1 Å². The lowest BCUT2D eigenvalue weighted by molar-refractivity contribution is 0.155. The summed E-state index contributed by atoms with van der Waals surface area (Å²) in [5.74, 6) is 0.811.